The summed E-state index contributed by atoms with van der Waals surface area (Å²) in [6.07, 6.45) is 3.97. The Kier molecular flexibility index (Phi) is 5.90. The Hall–Kier alpha value is -0.970. The number of piperidine rings is 1. The zero-order valence-corrected chi connectivity index (χ0v) is 15.9. The van der Waals surface area contributed by atoms with Crippen molar-refractivity contribution in [2.45, 2.75) is 39.2 Å². The number of likely N-dealkylation sites (tertiary alicyclic amines) is 1. The summed E-state index contributed by atoms with van der Waals surface area (Å²) in [5.74, 6) is 1.06. The van der Waals surface area contributed by atoms with Crippen molar-refractivity contribution in [1.82, 2.24) is 4.90 Å². The lowest BCUT2D eigenvalue weighted by atomic mass is 10.0. The van der Waals surface area contributed by atoms with Crippen molar-refractivity contribution in [3.05, 3.63) is 28.2 Å². The van der Waals surface area contributed by atoms with Gasteiger partial charge in [-0.3, -0.25) is 9.91 Å². The van der Waals surface area contributed by atoms with Crippen LogP contribution in [0.1, 0.15) is 33.1 Å². The molecule has 0 radical (unpaired) electrons. The van der Waals surface area contributed by atoms with Gasteiger partial charge in [-0.25, -0.2) is 0 Å². The molecule has 6 heteroatoms. The van der Waals surface area contributed by atoms with Crippen LogP contribution in [0.25, 0.3) is 0 Å². The number of rotatable bonds is 4. The first-order valence-corrected chi connectivity index (χ1v) is 9.50. The molecule has 24 heavy (non-hydrogen) atoms. The molecule has 0 bridgehead atoms. The molecular weight excluding hydrogens is 345 g/mol. The van der Waals surface area contributed by atoms with Gasteiger partial charge >= 0.3 is 0 Å². The average Bonchev–Trinajstić information content (AvgIpc) is 2.87. The first-order chi connectivity index (χ1) is 11.6. The van der Waals surface area contributed by atoms with E-state index in [4.69, 9.17) is 27.9 Å². The van der Waals surface area contributed by atoms with Gasteiger partial charge in [0.05, 0.1) is 27.7 Å². The fourth-order valence-electron chi connectivity index (χ4n) is 3.25. The van der Waals surface area contributed by atoms with Crippen molar-refractivity contribution in [3.8, 4) is 0 Å². The highest BCUT2D eigenvalue weighted by Crippen LogP contribution is 2.32. The summed E-state index contributed by atoms with van der Waals surface area (Å²) < 4.78 is 6.00. The van der Waals surface area contributed by atoms with Gasteiger partial charge in [0.1, 0.15) is 6.61 Å². The monoisotopic (exact) mass is 369 g/mol. The summed E-state index contributed by atoms with van der Waals surface area (Å²) in [5.41, 5.74) is 0.943. The van der Waals surface area contributed by atoms with Crippen LogP contribution in [0.3, 0.4) is 0 Å². The SMILES string of the molecule is CC1C(OCCN2CCCCC2)=NN(c2ccc(Cl)c(Cl)c2)C1C. The van der Waals surface area contributed by atoms with E-state index in [0.717, 1.165) is 18.1 Å². The Morgan fingerprint density at radius 2 is 1.88 bits per heavy atom. The quantitative estimate of drug-likeness (QED) is 0.772. The molecule has 1 aromatic carbocycles. The average molecular weight is 370 g/mol. The van der Waals surface area contributed by atoms with Crippen molar-refractivity contribution < 1.29 is 4.74 Å². The topological polar surface area (TPSA) is 28.1 Å². The lowest BCUT2D eigenvalue weighted by Gasteiger charge is -2.26. The van der Waals surface area contributed by atoms with Gasteiger partial charge in [0.2, 0.25) is 5.90 Å². The second-order valence-corrected chi connectivity index (χ2v) is 7.48. The van der Waals surface area contributed by atoms with E-state index >= 15 is 0 Å². The minimum atomic E-state index is 0.229. The molecule has 2 atom stereocenters. The third-order valence-corrected chi connectivity index (χ3v) is 5.72. The second-order valence-electron chi connectivity index (χ2n) is 6.66. The molecule has 0 aromatic heterocycles. The third-order valence-electron chi connectivity index (χ3n) is 4.98. The van der Waals surface area contributed by atoms with Crippen LogP contribution in [0.4, 0.5) is 5.69 Å². The molecule has 0 aliphatic carbocycles. The van der Waals surface area contributed by atoms with Gasteiger partial charge in [-0.05, 0) is 51.1 Å². The maximum Gasteiger partial charge on any atom is 0.211 e. The van der Waals surface area contributed by atoms with Crippen molar-refractivity contribution in [2.75, 3.05) is 31.3 Å². The third kappa shape index (κ3) is 3.98. The Bertz CT molecular complexity index is 602. The molecule has 2 unspecified atom stereocenters. The van der Waals surface area contributed by atoms with Crippen molar-refractivity contribution in [2.24, 2.45) is 11.0 Å². The summed E-state index contributed by atoms with van der Waals surface area (Å²) in [5, 5.41) is 7.76. The van der Waals surface area contributed by atoms with Crippen molar-refractivity contribution >= 4 is 34.8 Å². The minimum Gasteiger partial charge on any atom is -0.478 e. The van der Waals surface area contributed by atoms with Gasteiger partial charge in [0, 0.05) is 6.54 Å². The molecule has 0 N–H and O–H groups in total. The zero-order valence-electron chi connectivity index (χ0n) is 14.3. The van der Waals surface area contributed by atoms with E-state index in [2.05, 4.69) is 23.8 Å². The molecule has 1 saturated heterocycles. The largest absolute Gasteiger partial charge is 0.478 e. The normalized spacial score (nSPS) is 25.0. The van der Waals surface area contributed by atoms with E-state index in [1.165, 1.54) is 32.4 Å². The number of nitrogens with zero attached hydrogens (tertiary/aromatic N) is 3. The van der Waals surface area contributed by atoms with Crippen LogP contribution in [-0.2, 0) is 4.74 Å². The standard InChI is InChI=1S/C18H25Cl2N3O/c1-13-14(2)23(15-6-7-16(19)17(20)12-15)21-18(13)24-11-10-22-8-4-3-5-9-22/h6-7,12-14H,3-5,8-11H2,1-2H3. The van der Waals surface area contributed by atoms with Crippen molar-refractivity contribution in [1.29, 1.82) is 0 Å². The minimum absolute atomic E-state index is 0.229. The van der Waals surface area contributed by atoms with E-state index < -0.39 is 0 Å². The number of hydrogen-bond donors (Lipinski definition) is 0. The van der Waals surface area contributed by atoms with Gasteiger partial charge in [0.25, 0.3) is 0 Å². The van der Waals surface area contributed by atoms with Gasteiger partial charge < -0.3 is 4.74 Å². The van der Waals surface area contributed by atoms with E-state index in [-0.39, 0.29) is 12.0 Å². The van der Waals surface area contributed by atoms with Gasteiger partial charge in [-0.15, -0.1) is 5.10 Å². The predicted octanol–water partition coefficient (Wildman–Crippen LogP) is 4.65. The van der Waals surface area contributed by atoms with E-state index in [9.17, 15) is 0 Å². The van der Waals surface area contributed by atoms with Crippen LogP contribution in [0.15, 0.2) is 23.3 Å². The molecule has 3 rings (SSSR count). The highest BCUT2D eigenvalue weighted by molar-refractivity contribution is 6.42. The van der Waals surface area contributed by atoms with Gasteiger partial charge in [-0.1, -0.05) is 36.5 Å². The maximum atomic E-state index is 6.14. The Balaban J connectivity index is 1.61. The van der Waals surface area contributed by atoms with Crippen LogP contribution in [0.2, 0.25) is 10.0 Å². The number of ether oxygens (including phenoxy) is 1. The number of hydrogen-bond acceptors (Lipinski definition) is 4. The summed E-state index contributed by atoms with van der Waals surface area (Å²) >= 11 is 12.1. The molecule has 2 aliphatic rings. The molecular formula is C18H25Cl2N3O. The first-order valence-electron chi connectivity index (χ1n) is 8.74. The van der Waals surface area contributed by atoms with Crippen LogP contribution in [-0.4, -0.2) is 43.1 Å². The maximum absolute atomic E-state index is 6.14. The second kappa shape index (κ2) is 7.94. The lowest BCUT2D eigenvalue weighted by molar-refractivity contribution is 0.174. The molecule has 0 amide bonds. The molecule has 0 saturated carbocycles. The van der Waals surface area contributed by atoms with Gasteiger partial charge in [0.15, 0.2) is 0 Å². The number of hydrazone groups is 1. The summed E-state index contributed by atoms with van der Waals surface area (Å²) in [4.78, 5) is 2.48. The highest BCUT2D eigenvalue weighted by Gasteiger charge is 2.33. The molecule has 1 aromatic rings. The van der Waals surface area contributed by atoms with Crippen molar-refractivity contribution in [3.63, 3.8) is 0 Å². The van der Waals surface area contributed by atoms with Crippen LogP contribution < -0.4 is 5.01 Å². The summed E-state index contributed by atoms with van der Waals surface area (Å²) in [7, 11) is 0. The van der Waals surface area contributed by atoms with Gasteiger partial charge in [-0.2, -0.15) is 0 Å². The zero-order chi connectivity index (χ0) is 17.1. The van der Waals surface area contributed by atoms with E-state index in [1.54, 1.807) is 6.07 Å². The summed E-state index contributed by atoms with van der Waals surface area (Å²) in [6.45, 7) is 8.37. The van der Waals surface area contributed by atoms with E-state index in [1.807, 2.05) is 17.1 Å². The molecule has 2 aliphatic heterocycles. The Labute approximate surface area is 154 Å². The van der Waals surface area contributed by atoms with E-state index in [0.29, 0.717) is 16.7 Å². The number of anilines is 1. The van der Waals surface area contributed by atoms with Crippen LogP contribution >= 0.6 is 23.2 Å². The highest BCUT2D eigenvalue weighted by atomic mass is 35.5. The Morgan fingerprint density at radius 3 is 2.58 bits per heavy atom. The van der Waals surface area contributed by atoms with Crippen LogP contribution in [0.5, 0.6) is 0 Å². The summed E-state index contributed by atoms with van der Waals surface area (Å²) in [6, 6.07) is 5.83. The molecule has 132 valence electrons. The number of halogens is 2. The molecule has 0 spiro atoms. The predicted molar refractivity (Wildman–Crippen MR) is 101 cm³/mol. The lowest BCUT2D eigenvalue weighted by Crippen LogP contribution is -2.34. The molecule has 4 nitrogen and oxygen atoms in total. The fraction of sp³-hybridized carbons (Fsp3) is 0.611. The molecule has 2 heterocycles. The van der Waals surface area contributed by atoms with Crippen LogP contribution in [0, 0.1) is 5.92 Å². The fourth-order valence-corrected chi connectivity index (χ4v) is 3.54. The Morgan fingerprint density at radius 1 is 1.12 bits per heavy atom. The first kappa shape index (κ1) is 17.8. The smallest absolute Gasteiger partial charge is 0.211 e. The molecule has 1 fully saturated rings. The number of benzene rings is 1.